The van der Waals surface area contributed by atoms with Gasteiger partial charge in [-0.25, -0.2) is 9.97 Å². The largest absolute Gasteiger partial charge is 0.493 e. The fourth-order valence-electron chi connectivity index (χ4n) is 5.22. The number of hydrogen-bond acceptors (Lipinski definition) is 8. The summed E-state index contributed by atoms with van der Waals surface area (Å²) in [7, 11) is 1.64. The number of nitriles is 1. The summed E-state index contributed by atoms with van der Waals surface area (Å²) in [6, 6.07) is 18.4. The molecule has 0 radical (unpaired) electrons. The van der Waals surface area contributed by atoms with E-state index in [1.165, 1.54) is 5.56 Å². The van der Waals surface area contributed by atoms with E-state index in [1.807, 2.05) is 30.6 Å². The number of pyridine rings is 1. The number of methoxy groups -OCH3 is 1. The minimum absolute atomic E-state index is 0.385. The average molecular weight is 523 g/mol. The molecule has 6 rings (SSSR count). The monoisotopic (exact) mass is 522 g/mol. The van der Waals surface area contributed by atoms with Crippen LogP contribution in [0.4, 0.5) is 5.82 Å². The van der Waals surface area contributed by atoms with Gasteiger partial charge in [0.25, 0.3) is 0 Å². The normalized spacial score (nSPS) is 15.6. The van der Waals surface area contributed by atoms with Crippen LogP contribution in [0, 0.1) is 11.3 Å². The highest BCUT2D eigenvalue weighted by atomic mass is 16.5. The van der Waals surface area contributed by atoms with E-state index in [9.17, 15) is 5.26 Å². The molecule has 9 nitrogen and oxygen atoms in total. The highest BCUT2D eigenvalue weighted by Gasteiger charge is 2.19. The molecule has 9 heteroatoms. The summed E-state index contributed by atoms with van der Waals surface area (Å²) < 4.78 is 19.5. The lowest BCUT2D eigenvalue weighted by Crippen LogP contribution is -2.35. The van der Waals surface area contributed by atoms with Gasteiger partial charge in [-0.3, -0.25) is 9.47 Å². The number of hydrogen-bond donors (Lipinski definition) is 0. The summed E-state index contributed by atoms with van der Waals surface area (Å²) in [5.41, 5.74) is 4.83. The zero-order chi connectivity index (χ0) is 26.6. The van der Waals surface area contributed by atoms with E-state index in [0.29, 0.717) is 42.6 Å². The van der Waals surface area contributed by atoms with Crippen LogP contribution in [0.1, 0.15) is 16.7 Å². The second-order valence-corrected chi connectivity index (χ2v) is 9.64. The van der Waals surface area contributed by atoms with Crippen molar-refractivity contribution < 1.29 is 14.2 Å². The Morgan fingerprint density at radius 3 is 2.74 bits per heavy atom. The first kappa shape index (κ1) is 24.9. The minimum atomic E-state index is 0.385. The van der Waals surface area contributed by atoms with Gasteiger partial charge in [0.2, 0.25) is 0 Å². The van der Waals surface area contributed by atoms with Crippen LogP contribution >= 0.6 is 0 Å². The van der Waals surface area contributed by atoms with Gasteiger partial charge >= 0.3 is 0 Å². The number of benzene rings is 2. The maximum atomic E-state index is 9.82. The lowest BCUT2D eigenvalue weighted by atomic mass is 10.1. The van der Waals surface area contributed by atoms with Crippen LogP contribution in [0.15, 0.2) is 67.1 Å². The Kier molecular flexibility index (Phi) is 7.13. The molecule has 0 unspecified atom stereocenters. The topological polar surface area (TPSA) is 88.7 Å². The number of aromatic nitrogens is 3. The van der Waals surface area contributed by atoms with E-state index < -0.39 is 0 Å². The number of rotatable bonds is 4. The predicted octanol–water partition coefficient (Wildman–Crippen LogP) is 4.05. The van der Waals surface area contributed by atoms with Crippen molar-refractivity contribution in [2.75, 3.05) is 51.5 Å². The summed E-state index contributed by atoms with van der Waals surface area (Å²) in [6.45, 7) is 5.64. The number of imidazole rings is 1. The van der Waals surface area contributed by atoms with Crippen LogP contribution in [0.25, 0.3) is 17.1 Å². The first-order valence-electron chi connectivity index (χ1n) is 13.1. The maximum absolute atomic E-state index is 9.82. The van der Waals surface area contributed by atoms with Gasteiger partial charge in [-0.2, -0.15) is 5.26 Å². The average Bonchev–Trinajstić information content (AvgIpc) is 3.47. The van der Waals surface area contributed by atoms with Crippen molar-refractivity contribution in [2.45, 2.75) is 13.1 Å². The zero-order valence-electron chi connectivity index (χ0n) is 21.9. The molecule has 4 bridgehead atoms. The molecule has 0 atom stereocenters. The third-order valence-corrected chi connectivity index (χ3v) is 7.09. The third-order valence-electron chi connectivity index (χ3n) is 7.09. The van der Waals surface area contributed by atoms with Crippen molar-refractivity contribution in [1.82, 2.24) is 19.4 Å². The molecule has 198 valence electrons. The van der Waals surface area contributed by atoms with Gasteiger partial charge in [-0.15, -0.1) is 0 Å². The molecule has 2 aliphatic heterocycles. The Morgan fingerprint density at radius 2 is 1.90 bits per heavy atom. The van der Waals surface area contributed by atoms with Gasteiger partial charge in [0.05, 0.1) is 32.4 Å². The van der Waals surface area contributed by atoms with E-state index in [2.05, 4.69) is 43.6 Å². The van der Waals surface area contributed by atoms with Crippen LogP contribution in [0.5, 0.6) is 11.5 Å². The summed E-state index contributed by atoms with van der Waals surface area (Å²) in [5.74, 6) is 2.76. The maximum Gasteiger partial charge on any atom is 0.161 e. The molecule has 1 fully saturated rings. The zero-order valence-corrected chi connectivity index (χ0v) is 21.9. The van der Waals surface area contributed by atoms with E-state index in [4.69, 9.17) is 19.2 Å². The summed E-state index contributed by atoms with van der Waals surface area (Å²) >= 11 is 0. The Labute approximate surface area is 227 Å². The van der Waals surface area contributed by atoms with Gasteiger partial charge in [-0.1, -0.05) is 6.07 Å². The Balaban J connectivity index is 1.48. The number of fused-ring (bicyclic) bond motifs is 7. The second kappa shape index (κ2) is 11.2. The number of morpholine rings is 1. The Morgan fingerprint density at radius 1 is 1.00 bits per heavy atom. The first-order valence-corrected chi connectivity index (χ1v) is 13.1. The van der Waals surface area contributed by atoms with Gasteiger partial charge in [0.15, 0.2) is 11.5 Å². The van der Waals surface area contributed by atoms with E-state index in [-0.39, 0.29) is 0 Å². The van der Waals surface area contributed by atoms with E-state index in [0.717, 1.165) is 55.5 Å². The number of anilines is 1. The molecule has 0 saturated carbocycles. The summed E-state index contributed by atoms with van der Waals surface area (Å²) in [5, 5.41) is 9.82. The van der Waals surface area contributed by atoms with Crippen molar-refractivity contribution in [2.24, 2.45) is 0 Å². The lowest BCUT2D eigenvalue weighted by Gasteiger charge is -2.28. The van der Waals surface area contributed by atoms with Gasteiger partial charge in [-0.05, 0) is 53.6 Å². The highest BCUT2D eigenvalue weighted by molar-refractivity contribution is 5.64. The van der Waals surface area contributed by atoms with Gasteiger partial charge in [0, 0.05) is 56.0 Å². The van der Waals surface area contributed by atoms with Crippen LogP contribution in [-0.2, 0) is 17.8 Å². The van der Waals surface area contributed by atoms with Crippen LogP contribution < -0.4 is 14.4 Å². The highest BCUT2D eigenvalue weighted by Crippen LogP contribution is 2.34. The molecule has 2 aromatic carbocycles. The van der Waals surface area contributed by atoms with Crippen molar-refractivity contribution in [1.29, 1.82) is 5.26 Å². The van der Waals surface area contributed by atoms with Crippen LogP contribution in [0.2, 0.25) is 0 Å². The third kappa shape index (κ3) is 5.30. The molecule has 0 amide bonds. The molecule has 0 aliphatic carbocycles. The van der Waals surface area contributed by atoms with Crippen molar-refractivity contribution in [3.8, 4) is 34.6 Å². The second-order valence-electron chi connectivity index (χ2n) is 9.64. The smallest absolute Gasteiger partial charge is 0.161 e. The Hall–Kier alpha value is -4.39. The quantitative estimate of drug-likeness (QED) is 0.397. The Bertz CT molecular complexity index is 1500. The van der Waals surface area contributed by atoms with Crippen LogP contribution in [0.3, 0.4) is 0 Å². The first-order chi connectivity index (χ1) is 19.2. The molecule has 2 aromatic heterocycles. The van der Waals surface area contributed by atoms with Crippen LogP contribution in [-0.4, -0.2) is 66.0 Å². The molecule has 0 N–H and O–H groups in total. The molecular formula is C30H30N6O3. The molecule has 39 heavy (non-hydrogen) atoms. The van der Waals surface area contributed by atoms with Crippen molar-refractivity contribution in [3.63, 3.8) is 0 Å². The molecule has 2 aliphatic rings. The molecule has 1 saturated heterocycles. The number of ether oxygens (including phenoxy) is 3. The number of nitrogens with zero attached hydrogens (tertiary/aromatic N) is 6. The lowest BCUT2D eigenvalue weighted by molar-refractivity contribution is 0.0342. The van der Waals surface area contributed by atoms with E-state index in [1.54, 1.807) is 25.4 Å². The molecular weight excluding hydrogens is 492 g/mol. The SMILES string of the molecule is COc1ccc2cc1OCCN(c1ncccc1C#N)Cc1cc(CN3CCOCC3)cc(c1)-n1ccnc1-2. The van der Waals surface area contributed by atoms with Crippen molar-refractivity contribution >= 4 is 5.82 Å². The van der Waals surface area contributed by atoms with Gasteiger partial charge in [0.1, 0.15) is 24.3 Å². The minimum Gasteiger partial charge on any atom is -0.493 e. The fraction of sp³-hybridized carbons (Fsp3) is 0.300. The van der Waals surface area contributed by atoms with Gasteiger partial charge < -0.3 is 19.1 Å². The molecule has 0 spiro atoms. The van der Waals surface area contributed by atoms with E-state index >= 15 is 0 Å². The summed E-state index contributed by atoms with van der Waals surface area (Å²) in [4.78, 5) is 13.8. The summed E-state index contributed by atoms with van der Waals surface area (Å²) in [6.07, 6.45) is 5.53. The molecule has 4 heterocycles. The fourth-order valence-corrected chi connectivity index (χ4v) is 5.22. The van der Waals surface area contributed by atoms with Crippen molar-refractivity contribution in [3.05, 3.63) is 83.8 Å². The predicted molar refractivity (Wildman–Crippen MR) is 147 cm³/mol. The molecule has 4 aromatic rings. The standard InChI is InChI=1S/C30H30N6O3/c1-37-27-5-4-24-18-28(27)39-14-11-35(29-25(19-31)3-2-6-32-29)21-23-15-22(20-34-9-12-38-13-10-34)16-26(17-23)36-8-7-33-30(24)36/h2-8,15-18H,9-14,20-21H2,1H3.